The van der Waals surface area contributed by atoms with Crippen molar-refractivity contribution in [3.05, 3.63) is 0 Å². The number of halogens is 3. The van der Waals surface area contributed by atoms with Gasteiger partial charge in [0.25, 0.3) is 0 Å². The van der Waals surface area contributed by atoms with E-state index in [0.717, 1.165) is 19.3 Å². The summed E-state index contributed by atoms with van der Waals surface area (Å²) >= 11 is 0. The molecular formula is C16H31F3N4O2S. The lowest BCUT2D eigenvalue weighted by Crippen LogP contribution is -2.45. The molecule has 1 saturated heterocycles. The molecule has 0 aromatic heterocycles. The lowest BCUT2D eigenvalue weighted by Gasteiger charge is -2.30. The number of nitrogens with zero attached hydrogens (tertiary/aromatic N) is 2. The van der Waals surface area contributed by atoms with Gasteiger partial charge in [-0.05, 0) is 38.0 Å². The van der Waals surface area contributed by atoms with Crippen LogP contribution in [0.3, 0.4) is 0 Å². The van der Waals surface area contributed by atoms with Crippen LogP contribution in [-0.2, 0) is 10.0 Å². The molecule has 1 unspecified atom stereocenters. The Hall–Kier alpha value is -1.03. The molecule has 1 aliphatic rings. The topological polar surface area (TPSA) is 87.8 Å². The smallest absolute Gasteiger partial charge is 0.370 e. The Kier molecular flexibility index (Phi) is 8.65. The third-order valence-corrected chi connectivity index (χ3v) is 6.17. The Morgan fingerprint density at radius 3 is 2.31 bits per heavy atom. The van der Waals surface area contributed by atoms with E-state index in [1.807, 2.05) is 6.92 Å². The molecule has 1 atom stereocenters. The van der Waals surface area contributed by atoms with Crippen molar-refractivity contribution in [3.8, 4) is 0 Å². The summed E-state index contributed by atoms with van der Waals surface area (Å²) in [5.74, 6) is 1.03. The molecule has 0 saturated carbocycles. The molecule has 6 nitrogen and oxygen atoms in total. The maximum Gasteiger partial charge on any atom is 0.511 e. The van der Waals surface area contributed by atoms with Crippen molar-refractivity contribution >= 4 is 16.0 Å². The number of nitrogens with one attached hydrogen (secondary N) is 1. The molecule has 0 bridgehead atoms. The number of hydrogen-bond donors (Lipinski definition) is 2. The Balaban J connectivity index is 2.37. The van der Waals surface area contributed by atoms with Crippen molar-refractivity contribution in [2.45, 2.75) is 64.4 Å². The van der Waals surface area contributed by atoms with Crippen LogP contribution in [0.5, 0.6) is 0 Å². The van der Waals surface area contributed by atoms with Crippen molar-refractivity contribution in [3.63, 3.8) is 0 Å². The minimum absolute atomic E-state index is 0.0336. The van der Waals surface area contributed by atoms with E-state index < -0.39 is 15.5 Å². The first kappa shape index (κ1) is 23.0. The van der Waals surface area contributed by atoms with Crippen LogP contribution >= 0.6 is 0 Å². The molecule has 1 fully saturated rings. The summed E-state index contributed by atoms with van der Waals surface area (Å²) < 4.78 is 60.9. The van der Waals surface area contributed by atoms with Crippen molar-refractivity contribution in [1.82, 2.24) is 9.62 Å². The molecule has 154 valence electrons. The van der Waals surface area contributed by atoms with Gasteiger partial charge in [-0.2, -0.15) is 17.5 Å². The third-order valence-electron chi connectivity index (χ3n) is 4.54. The third kappa shape index (κ3) is 7.30. The first-order valence-electron chi connectivity index (χ1n) is 9.06. The summed E-state index contributed by atoms with van der Waals surface area (Å²) in [7, 11) is -5.22. The highest BCUT2D eigenvalue weighted by Crippen LogP contribution is 2.30. The minimum atomic E-state index is -5.24. The monoisotopic (exact) mass is 400 g/mol. The first-order valence-corrected chi connectivity index (χ1v) is 10.5. The van der Waals surface area contributed by atoms with Gasteiger partial charge in [0, 0.05) is 25.7 Å². The molecule has 0 spiro atoms. The zero-order valence-electron chi connectivity index (χ0n) is 15.7. The van der Waals surface area contributed by atoms with Crippen molar-refractivity contribution < 1.29 is 21.6 Å². The average Bonchev–Trinajstić information content (AvgIpc) is 2.51. The van der Waals surface area contributed by atoms with Crippen LogP contribution in [0.2, 0.25) is 0 Å². The fraction of sp³-hybridized carbons (Fsp3) is 0.938. The van der Waals surface area contributed by atoms with Gasteiger partial charge in [-0.1, -0.05) is 26.7 Å². The van der Waals surface area contributed by atoms with Crippen LogP contribution in [0, 0.1) is 11.8 Å². The molecule has 26 heavy (non-hydrogen) atoms. The summed E-state index contributed by atoms with van der Waals surface area (Å²) in [6, 6.07) is 0.205. The second-order valence-electron chi connectivity index (χ2n) is 7.39. The molecule has 3 N–H and O–H groups in total. The molecule has 10 heteroatoms. The highest BCUT2D eigenvalue weighted by molar-refractivity contribution is 7.90. The van der Waals surface area contributed by atoms with E-state index >= 15 is 0 Å². The second kappa shape index (κ2) is 9.77. The molecular weight excluding hydrogens is 369 g/mol. The van der Waals surface area contributed by atoms with Gasteiger partial charge in [0.05, 0.1) is 0 Å². The highest BCUT2D eigenvalue weighted by atomic mass is 32.2. The molecule has 0 aliphatic carbocycles. The van der Waals surface area contributed by atoms with E-state index in [2.05, 4.69) is 24.2 Å². The Bertz CT molecular complexity index is 556. The minimum Gasteiger partial charge on any atom is -0.370 e. The van der Waals surface area contributed by atoms with Crippen LogP contribution in [-0.4, -0.2) is 49.9 Å². The summed E-state index contributed by atoms with van der Waals surface area (Å²) in [6.45, 7) is 6.50. The van der Waals surface area contributed by atoms with Gasteiger partial charge in [-0.3, -0.25) is 4.99 Å². The predicted octanol–water partition coefficient (Wildman–Crippen LogP) is 2.67. The van der Waals surface area contributed by atoms with E-state index in [0.29, 0.717) is 35.6 Å². The molecule has 0 aromatic rings. The molecule has 0 aromatic carbocycles. The average molecular weight is 401 g/mol. The fourth-order valence-corrected chi connectivity index (χ4v) is 3.89. The van der Waals surface area contributed by atoms with Crippen molar-refractivity contribution in [2.24, 2.45) is 22.6 Å². The van der Waals surface area contributed by atoms with Crippen molar-refractivity contribution in [1.29, 1.82) is 0 Å². The SMILES string of the molecule is CC(C)CCCC(C)NC(N)=NCC1CCN(S(=O)(=O)C(F)(F)F)CC1. The number of sulfonamides is 1. The van der Waals surface area contributed by atoms with E-state index in [1.165, 1.54) is 0 Å². The second-order valence-corrected chi connectivity index (χ2v) is 9.32. The number of guanidine groups is 1. The van der Waals surface area contributed by atoms with E-state index in [9.17, 15) is 21.6 Å². The number of rotatable bonds is 8. The largest absolute Gasteiger partial charge is 0.511 e. The van der Waals surface area contributed by atoms with Gasteiger partial charge in [-0.15, -0.1) is 0 Å². The molecule has 1 heterocycles. The first-order chi connectivity index (χ1) is 11.9. The standard InChI is InChI=1S/C16H31F3N4O2S/c1-12(2)5-4-6-13(3)22-15(20)21-11-14-7-9-23(10-8-14)26(24,25)16(17,18)19/h12-14H,4-11H2,1-3H3,(H3,20,21,22). The normalized spacial score (nSPS) is 19.7. The predicted molar refractivity (Wildman–Crippen MR) is 97.0 cm³/mol. The fourth-order valence-electron chi connectivity index (χ4n) is 2.91. The van der Waals surface area contributed by atoms with Gasteiger partial charge in [0.15, 0.2) is 5.96 Å². The lowest BCUT2D eigenvalue weighted by atomic mass is 9.98. The lowest BCUT2D eigenvalue weighted by molar-refractivity contribution is -0.0496. The zero-order valence-corrected chi connectivity index (χ0v) is 16.5. The van der Waals surface area contributed by atoms with Gasteiger partial charge >= 0.3 is 15.5 Å². The maximum atomic E-state index is 12.5. The summed E-state index contributed by atoms with van der Waals surface area (Å²) in [5.41, 5.74) is 0.623. The van der Waals surface area contributed by atoms with Gasteiger partial charge in [-0.25, -0.2) is 8.42 Å². The van der Waals surface area contributed by atoms with Crippen LogP contribution in [0.4, 0.5) is 13.2 Å². The quantitative estimate of drug-likeness (QED) is 0.484. The van der Waals surface area contributed by atoms with Crippen LogP contribution in [0.1, 0.15) is 52.9 Å². The Labute approximate surface area is 154 Å². The van der Waals surface area contributed by atoms with Gasteiger partial charge in [0.1, 0.15) is 0 Å². The molecule has 1 aliphatic heterocycles. The van der Waals surface area contributed by atoms with Gasteiger partial charge < -0.3 is 11.1 Å². The summed E-state index contributed by atoms with van der Waals surface area (Å²) in [6.07, 6.45) is 3.93. The number of nitrogens with two attached hydrogens (primary N) is 1. The number of alkyl halides is 3. The van der Waals surface area contributed by atoms with Crippen LogP contribution in [0.15, 0.2) is 4.99 Å². The maximum absolute atomic E-state index is 12.5. The van der Waals surface area contributed by atoms with Crippen LogP contribution < -0.4 is 11.1 Å². The Morgan fingerprint density at radius 2 is 1.81 bits per heavy atom. The molecule has 0 radical (unpaired) electrons. The molecule has 0 amide bonds. The molecule has 1 rings (SSSR count). The highest BCUT2D eigenvalue weighted by Gasteiger charge is 2.50. The summed E-state index contributed by atoms with van der Waals surface area (Å²) in [4.78, 5) is 4.26. The Morgan fingerprint density at radius 1 is 1.23 bits per heavy atom. The van der Waals surface area contributed by atoms with Crippen LogP contribution in [0.25, 0.3) is 0 Å². The van der Waals surface area contributed by atoms with E-state index in [4.69, 9.17) is 5.73 Å². The number of aliphatic imine (C=N–C) groups is 1. The number of piperidine rings is 1. The zero-order chi connectivity index (χ0) is 20.0. The van der Waals surface area contributed by atoms with Crippen molar-refractivity contribution in [2.75, 3.05) is 19.6 Å². The summed E-state index contributed by atoms with van der Waals surface area (Å²) in [5, 5.41) is 3.12. The van der Waals surface area contributed by atoms with E-state index in [1.54, 1.807) is 0 Å². The number of hydrogen-bond acceptors (Lipinski definition) is 3. The van der Waals surface area contributed by atoms with Gasteiger partial charge in [0.2, 0.25) is 0 Å². The van der Waals surface area contributed by atoms with E-state index in [-0.39, 0.29) is 25.0 Å².